The molecule has 1 N–H and O–H groups in total. The van der Waals surface area contributed by atoms with Gasteiger partial charge < -0.3 is 10.1 Å². The Balaban J connectivity index is 2.32. The van der Waals surface area contributed by atoms with Crippen LogP contribution < -0.4 is 5.32 Å². The molecule has 0 atom stereocenters. The maximum atomic E-state index is 11.5. The van der Waals surface area contributed by atoms with E-state index in [9.17, 15) is 9.59 Å². The van der Waals surface area contributed by atoms with Crippen LogP contribution in [0.1, 0.15) is 35.9 Å². The third-order valence-electron chi connectivity index (χ3n) is 2.18. The minimum Gasteiger partial charge on any atom is -0.451 e. The van der Waals surface area contributed by atoms with Crippen molar-refractivity contribution >= 4 is 11.9 Å². The molecule has 1 rings (SSSR count). The van der Waals surface area contributed by atoms with E-state index >= 15 is 0 Å². The first kappa shape index (κ1) is 14.1. The molecule has 0 aliphatic carbocycles. The van der Waals surface area contributed by atoms with E-state index in [1.807, 2.05) is 6.92 Å². The number of ether oxygens (including phenoxy) is 1. The fourth-order valence-electron chi connectivity index (χ4n) is 1.16. The van der Waals surface area contributed by atoms with Crippen LogP contribution in [0.15, 0.2) is 12.4 Å². The molecule has 0 saturated heterocycles. The van der Waals surface area contributed by atoms with Crippen molar-refractivity contribution in [1.29, 1.82) is 0 Å². The van der Waals surface area contributed by atoms with Crippen LogP contribution in [-0.2, 0) is 9.53 Å². The number of aromatic nitrogens is 2. The number of carbonyl (C=O) groups is 2. The van der Waals surface area contributed by atoms with Gasteiger partial charge in [0.15, 0.2) is 12.3 Å². The standard InChI is InChI=1S/C12H17N3O3/c1-3-4-5-13-11(16)8-18-12(17)10-7-14-9(2)6-15-10/h6-7H,3-5,8H2,1-2H3,(H,13,16). The minimum atomic E-state index is -0.645. The van der Waals surface area contributed by atoms with E-state index in [0.29, 0.717) is 12.2 Å². The fraction of sp³-hybridized carbons (Fsp3) is 0.500. The monoisotopic (exact) mass is 251 g/mol. The van der Waals surface area contributed by atoms with Crippen molar-refractivity contribution in [3.8, 4) is 0 Å². The van der Waals surface area contributed by atoms with Gasteiger partial charge in [-0.25, -0.2) is 9.78 Å². The fourth-order valence-corrected chi connectivity index (χ4v) is 1.16. The van der Waals surface area contributed by atoms with Crippen LogP contribution >= 0.6 is 0 Å². The van der Waals surface area contributed by atoms with Gasteiger partial charge in [0.2, 0.25) is 0 Å². The molecule has 6 nitrogen and oxygen atoms in total. The summed E-state index contributed by atoms with van der Waals surface area (Å²) in [6.07, 6.45) is 4.70. The highest BCUT2D eigenvalue weighted by molar-refractivity contribution is 5.89. The lowest BCUT2D eigenvalue weighted by atomic mass is 10.3. The first-order valence-corrected chi connectivity index (χ1v) is 5.86. The summed E-state index contributed by atoms with van der Waals surface area (Å²) in [6, 6.07) is 0. The van der Waals surface area contributed by atoms with Crippen molar-refractivity contribution in [3.05, 3.63) is 23.8 Å². The van der Waals surface area contributed by atoms with Gasteiger partial charge in [-0.3, -0.25) is 9.78 Å². The van der Waals surface area contributed by atoms with Gasteiger partial charge in [0.1, 0.15) is 0 Å². The van der Waals surface area contributed by atoms with Crippen LogP contribution in [0.3, 0.4) is 0 Å². The highest BCUT2D eigenvalue weighted by atomic mass is 16.5. The van der Waals surface area contributed by atoms with Crippen molar-refractivity contribution in [2.45, 2.75) is 26.7 Å². The molecule has 18 heavy (non-hydrogen) atoms. The van der Waals surface area contributed by atoms with Gasteiger partial charge in [-0.15, -0.1) is 0 Å². The molecule has 0 fully saturated rings. The van der Waals surface area contributed by atoms with Crippen LogP contribution in [0, 0.1) is 6.92 Å². The Kier molecular flexibility index (Phi) is 5.76. The van der Waals surface area contributed by atoms with Gasteiger partial charge in [0.25, 0.3) is 5.91 Å². The minimum absolute atomic E-state index is 0.0990. The number of aryl methyl sites for hydroxylation is 1. The largest absolute Gasteiger partial charge is 0.451 e. The summed E-state index contributed by atoms with van der Waals surface area (Å²) < 4.78 is 4.81. The van der Waals surface area contributed by atoms with Crippen LogP contribution in [0.2, 0.25) is 0 Å². The van der Waals surface area contributed by atoms with Gasteiger partial charge in [-0.1, -0.05) is 13.3 Å². The zero-order chi connectivity index (χ0) is 13.4. The molecular weight excluding hydrogens is 234 g/mol. The molecule has 1 aromatic heterocycles. The summed E-state index contributed by atoms with van der Waals surface area (Å²) in [5.74, 6) is -0.954. The van der Waals surface area contributed by atoms with Crippen LogP contribution in [0.4, 0.5) is 0 Å². The molecule has 0 aliphatic heterocycles. The second kappa shape index (κ2) is 7.37. The Bertz CT molecular complexity index is 404. The molecule has 0 unspecified atom stereocenters. The number of hydrogen-bond donors (Lipinski definition) is 1. The first-order valence-electron chi connectivity index (χ1n) is 5.86. The zero-order valence-corrected chi connectivity index (χ0v) is 10.6. The number of nitrogens with zero attached hydrogens (tertiary/aromatic N) is 2. The lowest BCUT2D eigenvalue weighted by Gasteiger charge is -2.05. The molecule has 0 spiro atoms. The van der Waals surface area contributed by atoms with Gasteiger partial charge in [-0.05, 0) is 13.3 Å². The quantitative estimate of drug-likeness (QED) is 0.599. The molecular formula is C12H17N3O3. The van der Waals surface area contributed by atoms with E-state index in [1.54, 1.807) is 6.92 Å². The molecule has 1 amide bonds. The Hall–Kier alpha value is -1.98. The number of rotatable bonds is 6. The number of amides is 1. The molecule has 0 bridgehead atoms. The number of hydrogen-bond acceptors (Lipinski definition) is 5. The highest BCUT2D eigenvalue weighted by Crippen LogP contribution is 1.96. The third kappa shape index (κ3) is 4.90. The molecule has 1 aromatic rings. The number of nitrogens with one attached hydrogen (secondary N) is 1. The molecule has 0 aliphatic rings. The number of esters is 1. The lowest BCUT2D eigenvalue weighted by molar-refractivity contribution is -0.124. The van der Waals surface area contributed by atoms with Crippen molar-refractivity contribution < 1.29 is 14.3 Å². The average Bonchev–Trinajstić information content (AvgIpc) is 2.37. The SMILES string of the molecule is CCCCNC(=O)COC(=O)c1cnc(C)cn1. The maximum Gasteiger partial charge on any atom is 0.359 e. The molecule has 0 saturated carbocycles. The normalized spacial score (nSPS) is 9.89. The summed E-state index contributed by atoms with van der Waals surface area (Å²) in [5, 5.41) is 2.65. The smallest absolute Gasteiger partial charge is 0.359 e. The topological polar surface area (TPSA) is 81.2 Å². The summed E-state index contributed by atoms with van der Waals surface area (Å²) in [6.45, 7) is 4.10. The molecule has 1 heterocycles. The summed E-state index contributed by atoms with van der Waals surface area (Å²) in [7, 11) is 0. The predicted molar refractivity (Wildman–Crippen MR) is 65.0 cm³/mol. The Morgan fingerprint density at radius 2 is 2.11 bits per heavy atom. The van der Waals surface area contributed by atoms with Crippen molar-refractivity contribution in [2.75, 3.05) is 13.2 Å². The zero-order valence-electron chi connectivity index (χ0n) is 10.6. The maximum absolute atomic E-state index is 11.5. The Labute approximate surface area is 106 Å². The number of unbranched alkanes of at least 4 members (excludes halogenated alkanes) is 1. The van der Waals surface area contributed by atoms with Crippen molar-refractivity contribution in [3.63, 3.8) is 0 Å². The number of carbonyl (C=O) groups excluding carboxylic acids is 2. The second-order valence-electron chi connectivity index (χ2n) is 3.82. The van der Waals surface area contributed by atoms with Gasteiger partial charge in [0, 0.05) is 12.7 Å². The average molecular weight is 251 g/mol. The second-order valence-corrected chi connectivity index (χ2v) is 3.82. The lowest BCUT2D eigenvalue weighted by Crippen LogP contribution is -2.29. The van der Waals surface area contributed by atoms with E-state index in [1.165, 1.54) is 12.4 Å². The van der Waals surface area contributed by atoms with Crippen LogP contribution in [-0.4, -0.2) is 35.0 Å². The van der Waals surface area contributed by atoms with E-state index in [4.69, 9.17) is 4.74 Å². The first-order chi connectivity index (χ1) is 8.63. The summed E-state index contributed by atoms with van der Waals surface area (Å²) in [5.41, 5.74) is 0.811. The molecule has 6 heteroatoms. The molecule has 0 radical (unpaired) electrons. The van der Waals surface area contributed by atoms with Gasteiger partial charge in [0.05, 0.1) is 11.9 Å². The predicted octanol–water partition coefficient (Wildman–Crippen LogP) is 0.858. The van der Waals surface area contributed by atoms with E-state index in [0.717, 1.165) is 12.8 Å². The van der Waals surface area contributed by atoms with Crippen LogP contribution in [0.5, 0.6) is 0 Å². The Morgan fingerprint density at radius 1 is 1.33 bits per heavy atom. The van der Waals surface area contributed by atoms with Gasteiger partial charge >= 0.3 is 5.97 Å². The van der Waals surface area contributed by atoms with Crippen LogP contribution in [0.25, 0.3) is 0 Å². The van der Waals surface area contributed by atoms with Gasteiger partial charge in [-0.2, -0.15) is 0 Å². The Morgan fingerprint density at radius 3 is 2.72 bits per heavy atom. The van der Waals surface area contributed by atoms with Crippen molar-refractivity contribution in [1.82, 2.24) is 15.3 Å². The van der Waals surface area contributed by atoms with E-state index < -0.39 is 5.97 Å². The van der Waals surface area contributed by atoms with E-state index in [-0.39, 0.29) is 18.2 Å². The molecule has 98 valence electrons. The van der Waals surface area contributed by atoms with E-state index in [2.05, 4.69) is 15.3 Å². The third-order valence-corrected chi connectivity index (χ3v) is 2.18. The highest BCUT2D eigenvalue weighted by Gasteiger charge is 2.11. The van der Waals surface area contributed by atoms with Crippen molar-refractivity contribution in [2.24, 2.45) is 0 Å². The summed E-state index contributed by atoms with van der Waals surface area (Å²) in [4.78, 5) is 30.6. The molecule has 0 aromatic carbocycles. The summed E-state index contributed by atoms with van der Waals surface area (Å²) >= 11 is 0.